The Labute approximate surface area is 98.5 Å². The third-order valence-electron chi connectivity index (χ3n) is 1.93. The molecule has 0 atom stereocenters. The molecule has 0 unspecified atom stereocenters. The number of carbonyl (C=O) groups is 2. The highest BCUT2D eigenvalue weighted by molar-refractivity contribution is 5.93. The summed E-state index contributed by atoms with van der Waals surface area (Å²) >= 11 is 0. The van der Waals surface area contributed by atoms with Crippen LogP contribution in [-0.2, 0) is 25.9 Å². The van der Waals surface area contributed by atoms with Crippen molar-refractivity contribution in [3.8, 4) is 0 Å². The van der Waals surface area contributed by atoms with Crippen molar-refractivity contribution in [1.29, 1.82) is 0 Å². The van der Waals surface area contributed by atoms with Gasteiger partial charge in [0.25, 0.3) is 0 Å². The van der Waals surface area contributed by atoms with Gasteiger partial charge in [0.15, 0.2) is 0 Å². The Balaban J connectivity index is 0.000000185. The van der Waals surface area contributed by atoms with Gasteiger partial charge in [-0.2, -0.15) is 4.89 Å². The monoisotopic (exact) mass is 236 g/mol. The summed E-state index contributed by atoms with van der Waals surface area (Å²) in [6.07, 6.45) is 1.02. The third-order valence-corrected chi connectivity index (χ3v) is 1.93. The van der Waals surface area contributed by atoms with Crippen LogP contribution < -0.4 is 0 Å². The van der Waals surface area contributed by atoms with Crippen molar-refractivity contribution in [2.24, 2.45) is 0 Å². The van der Waals surface area contributed by atoms with E-state index in [1.165, 1.54) is 7.11 Å². The predicted octanol–water partition coefficient (Wildman–Crippen LogP) is 1.63. The van der Waals surface area contributed by atoms with Gasteiger partial charge in [0.05, 0.1) is 12.7 Å². The second kappa shape index (κ2) is 6.44. The average Bonchev–Trinajstić information content (AvgIpc) is 2.73. The summed E-state index contributed by atoms with van der Waals surface area (Å²) in [5.41, 5.74) is 1.70. The topological polar surface area (TPSA) is 61.8 Å². The molecule has 0 saturated heterocycles. The van der Waals surface area contributed by atoms with E-state index in [1.807, 2.05) is 18.2 Å². The fourth-order valence-electron chi connectivity index (χ4n) is 1.18. The number of carbonyl (C=O) groups excluding carboxylic acids is 2. The third kappa shape index (κ3) is 3.73. The highest BCUT2D eigenvalue weighted by Gasteiger charge is 2.18. The van der Waals surface area contributed by atoms with E-state index in [1.54, 1.807) is 6.07 Å². The zero-order valence-electron chi connectivity index (χ0n) is 9.34. The Morgan fingerprint density at radius 3 is 2.71 bits per heavy atom. The summed E-state index contributed by atoms with van der Waals surface area (Å²) in [5, 5.41) is 0. The van der Waals surface area contributed by atoms with Crippen LogP contribution in [0.5, 0.6) is 0 Å². The molecule has 1 aliphatic heterocycles. The lowest BCUT2D eigenvalue weighted by atomic mass is 10.1. The second-order valence-electron chi connectivity index (χ2n) is 3.01. The fourth-order valence-corrected chi connectivity index (χ4v) is 1.18. The Hall–Kier alpha value is -2.14. The standard InChI is InChI=1S/C8H6O2.C4H6O3/c9-8-7-4-2-1-3-6(7)5-10-8;1-3-4(5)7-6-2/h1-4H,5H2;3H,1H2,2H3. The molecule has 1 aromatic carbocycles. The van der Waals surface area contributed by atoms with E-state index in [4.69, 9.17) is 4.74 Å². The summed E-state index contributed by atoms with van der Waals surface area (Å²) in [5.74, 6) is -0.780. The van der Waals surface area contributed by atoms with Crippen molar-refractivity contribution in [3.63, 3.8) is 0 Å². The highest BCUT2D eigenvalue weighted by Crippen LogP contribution is 2.17. The van der Waals surface area contributed by atoms with Crippen LogP contribution in [0.15, 0.2) is 36.9 Å². The molecule has 0 saturated carbocycles. The van der Waals surface area contributed by atoms with Gasteiger partial charge in [0, 0.05) is 11.6 Å². The van der Waals surface area contributed by atoms with Gasteiger partial charge in [0.1, 0.15) is 6.61 Å². The molecule has 2 rings (SSSR count). The summed E-state index contributed by atoms with van der Waals surface area (Å²) in [6.45, 7) is 3.56. The molecule has 1 aliphatic rings. The largest absolute Gasteiger partial charge is 0.457 e. The van der Waals surface area contributed by atoms with E-state index >= 15 is 0 Å². The van der Waals surface area contributed by atoms with Crippen molar-refractivity contribution in [2.45, 2.75) is 6.61 Å². The fraction of sp³-hybridized carbons (Fsp3) is 0.167. The van der Waals surface area contributed by atoms with Crippen molar-refractivity contribution in [2.75, 3.05) is 7.11 Å². The maximum Gasteiger partial charge on any atom is 0.365 e. The van der Waals surface area contributed by atoms with Gasteiger partial charge in [-0.05, 0) is 6.07 Å². The molecular weight excluding hydrogens is 224 g/mol. The molecule has 0 radical (unpaired) electrons. The molecule has 17 heavy (non-hydrogen) atoms. The first-order chi connectivity index (χ1) is 8.19. The molecule has 1 heterocycles. The van der Waals surface area contributed by atoms with Gasteiger partial charge >= 0.3 is 11.9 Å². The molecule has 0 amide bonds. The Kier molecular flexibility index (Phi) is 4.90. The molecule has 0 fully saturated rings. The molecule has 1 aromatic rings. The normalized spacial score (nSPS) is 11.7. The van der Waals surface area contributed by atoms with Gasteiger partial charge < -0.3 is 4.74 Å². The van der Waals surface area contributed by atoms with Crippen LogP contribution in [0.3, 0.4) is 0 Å². The van der Waals surface area contributed by atoms with E-state index in [9.17, 15) is 9.59 Å². The number of hydrogen-bond acceptors (Lipinski definition) is 5. The summed E-state index contributed by atoms with van der Waals surface area (Å²) in [4.78, 5) is 28.7. The Morgan fingerprint density at radius 1 is 1.47 bits per heavy atom. The van der Waals surface area contributed by atoms with Gasteiger partial charge in [-0.3, -0.25) is 4.89 Å². The Bertz CT molecular complexity index is 425. The number of rotatable bonds is 2. The average molecular weight is 236 g/mol. The smallest absolute Gasteiger partial charge is 0.365 e. The van der Waals surface area contributed by atoms with Crippen LogP contribution >= 0.6 is 0 Å². The highest BCUT2D eigenvalue weighted by atomic mass is 17.2. The number of ether oxygens (including phenoxy) is 1. The Morgan fingerprint density at radius 2 is 2.18 bits per heavy atom. The first-order valence-corrected chi connectivity index (χ1v) is 4.81. The quantitative estimate of drug-likeness (QED) is 0.338. The molecule has 0 aromatic heterocycles. The van der Waals surface area contributed by atoms with Crippen molar-refractivity contribution in [1.82, 2.24) is 0 Å². The molecule has 5 nitrogen and oxygen atoms in total. The molecule has 0 bridgehead atoms. The van der Waals surface area contributed by atoms with E-state index in [2.05, 4.69) is 16.4 Å². The maximum atomic E-state index is 10.8. The zero-order valence-corrected chi connectivity index (χ0v) is 9.34. The predicted molar refractivity (Wildman–Crippen MR) is 58.9 cm³/mol. The molecule has 0 aliphatic carbocycles. The minimum absolute atomic E-state index is 0.199. The number of hydrogen-bond donors (Lipinski definition) is 0. The maximum absolute atomic E-state index is 10.8. The van der Waals surface area contributed by atoms with Crippen LogP contribution in [-0.4, -0.2) is 19.0 Å². The van der Waals surface area contributed by atoms with E-state index < -0.39 is 5.97 Å². The van der Waals surface area contributed by atoms with Gasteiger partial charge in [0.2, 0.25) is 0 Å². The number of esters is 1. The lowest BCUT2D eigenvalue weighted by Gasteiger charge is -1.88. The van der Waals surface area contributed by atoms with Crippen LogP contribution in [0.25, 0.3) is 0 Å². The lowest BCUT2D eigenvalue weighted by Crippen LogP contribution is -1.96. The van der Waals surface area contributed by atoms with Gasteiger partial charge in [-0.1, -0.05) is 24.8 Å². The molecule has 0 spiro atoms. The first kappa shape index (κ1) is 12.9. The van der Waals surface area contributed by atoms with Crippen LogP contribution in [0.1, 0.15) is 15.9 Å². The van der Waals surface area contributed by atoms with Crippen LogP contribution in [0.2, 0.25) is 0 Å². The van der Waals surface area contributed by atoms with Gasteiger partial charge in [-0.15, -0.1) is 0 Å². The molecule has 0 N–H and O–H groups in total. The minimum Gasteiger partial charge on any atom is -0.457 e. The number of cyclic esters (lactones) is 1. The van der Waals surface area contributed by atoms with Crippen LogP contribution in [0, 0.1) is 0 Å². The SMILES string of the molecule is C=CC(=O)OOC.O=C1OCc2ccccc21. The number of fused-ring (bicyclic) bond motifs is 1. The van der Waals surface area contributed by atoms with E-state index in [0.717, 1.165) is 11.6 Å². The van der Waals surface area contributed by atoms with E-state index in [-0.39, 0.29) is 5.97 Å². The summed E-state index contributed by atoms with van der Waals surface area (Å²) < 4.78 is 4.78. The molecular formula is C12H12O5. The summed E-state index contributed by atoms with van der Waals surface area (Å²) in [6, 6.07) is 7.43. The van der Waals surface area contributed by atoms with Crippen molar-refractivity contribution < 1.29 is 24.1 Å². The first-order valence-electron chi connectivity index (χ1n) is 4.81. The molecule has 90 valence electrons. The van der Waals surface area contributed by atoms with Crippen molar-refractivity contribution >= 4 is 11.9 Å². The lowest BCUT2D eigenvalue weighted by molar-refractivity contribution is -0.249. The summed E-state index contributed by atoms with van der Waals surface area (Å²) in [7, 11) is 1.25. The van der Waals surface area contributed by atoms with Crippen LogP contribution in [0.4, 0.5) is 0 Å². The number of benzene rings is 1. The van der Waals surface area contributed by atoms with Crippen molar-refractivity contribution in [3.05, 3.63) is 48.0 Å². The zero-order chi connectivity index (χ0) is 12.7. The minimum atomic E-state index is -0.581. The second-order valence-corrected chi connectivity index (χ2v) is 3.01. The molecule has 5 heteroatoms. The van der Waals surface area contributed by atoms with Gasteiger partial charge in [-0.25, -0.2) is 9.59 Å². The van der Waals surface area contributed by atoms with E-state index in [0.29, 0.717) is 12.2 Å².